The first-order valence-corrected chi connectivity index (χ1v) is 7.23. The monoisotopic (exact) mass is 380 g/mol. The molecule has 6 heteroatoms. The summed E-state index contributed by atoms with van der Waals surface area (Å²) >= 11 is 15.0. The van der Waals surface area contributed by atoms with Crippen molar-refractivity contribution in [3.8, 4) is 5.75 Å². The van der Waals surface area contributed by atoms with Gasteiger partial charge in [0.05, 0.1) is 17.0 Å². The maximum Gasteiger partial charge on any atom is 0.142 e. The highest BCUT2D eigenvalue weighted by Gasteiger charge is 2.20. The molecule has 1 atom stereocenters. The van der Waals surface area contributed by atoms with Gasteiger partial charge in [-0.05, 0) is 29.8 Å². The van der Waals surface area contributed by atoms with Gasteiger partial charge < -0.3 is 4.74 Å². The van der Waals surface area contributed by atoms with Crippen LogP contribution in [0.5, 0.6) is 5.75 Å². The number of hydrogen-bond acceptors (Lipinski definition) is 1. The zero-order valence-corrected chi connectivity index (χ0v) is 13.4. The van der Waals surface area contributed by atoms with Crippen LogP contribution in [0.4, 0.5) is 8.78 Å². The first kappa shape index (κ1) is 15.5. The third-order valence-electron chi connectivity index (χ3n) is 2.79. The Bertz CT molecular complexity index is 649. The van der Waals surface area contributed by atoms with E-state index < -0.39 is 16.5 Å². The Morgan fingerprint density at radius 3 is 2.30 bits per heavy atom. The standard InChI is InChI=1S/C14H9BrCl2F2O/c1-20-7-2-3-8(10(16)4-7)14(15)9-5-13(19)11(17)6-12(9)18/h2-6,14H,1H3. The van der Waals surface area contributed by atoms with Gasteiger partial charge in [0.1, 0.15) is 17.4 Å². The fraction of sp³-hybridized carbons (Fsp3) is 0.143. The predicted octanol–water partition coefficient (Wildman–Crippen LogP) is 5.76. The van der Waals surface area contributed by atoms with Crippen LogP contribution < -0.4 is 4.74 Å². The Hall–Kier alpha value is -0.840. The number of ether oxygens (including phenoxy) is 1. The van der Waals surface area contributed by atoms with Gasteiger partial charge in [0, 0.05) is 10.6 Å². The molecule has 0 saturated carbocycles. The molecule has 0 heterocycles. The van der Waals surface area contributed by atoms with Gasteiger partial charge in [-0.25, -0.2) is 8.78 Å². The van der Waals surface area contributed by atoms with Crippen LogP contribution >= 0.6 is 39.1 Å². The molecule has 0 aliphatic heterocycles. The molecule has 0 saturated heterocycles. The Labute approximate surface area is 133 Å². The zero-order chi connectivity index (χ0) is 14.9. The lowest BCUT2D eigenvalue weighted by Crippen LogP contribution is -1.99. The highest BCUT2D eigenvalue weighted by Crippen LogP contribution is 2.38. The molecule has 20 heavy (non-hydrogen) atoms. The van der Waals surface area contributed by atoms with E-state index in [0.29, 0.717) is 16.3 Å². The number of hydrogen-bond donors (Lipinski definition) is 0. The molecule has 0 radical (unpaired) electrons. The van der Waals surface area contributed by atoms with Crippen LogP contribution in [0, 0.1) is 11.6 Å². The number of rotatable bonds is 3. The van der Waals surface area contributed by atoms with Gasteiger partial charge in [0.15, 0.2) is 0 Å². The van der Waals surface area contributed by atoms with Gasteiger partial charge in [0.25, 0.3) is 0 Å². The van der Waals surface area contributed by atoms with Crippen LogP contribution in [0.15, 0.2) is 30.3 Å². The molecule has 1 nitrogen and oxygen atoms in total. The van der Waals surface area contributed by atoms with Gasteiger partial charge in [-0.15, -0.1) is 0 Å². The maximum absolute atomic E-state index is 13.9. The van der Waals surface area contributed by atoms with E-state index in [0.717, 1.165) is 12.1 Å². The van der Waals surface area contributed by atoms with Gasteiger partial charge in [-0.3, -0.25) is 0 Å². The molecule has 0 spiro atoms. The van der Waals surface area contributed by atoms with Crippen molar-refractivity contribution in [2.24, 2.45) is 0 Å². The molecule has 0 aliphatic rings. The molecule has 2 aromatic rings. The largest absolute Gasteiger partial charge is 0.497 e. The first-order valence-electron chi connectivity index (χ1n) is 5.56. The summed E-state index contributed by atoms with van der Waals surface area (Å²) in [6.45, 7) is 0. The number of benzene rings is 2. The molecular formula is C14H9BrCl2F2O. The van der Waals surface area contributed by atoms with Crippen molar-refractivity contribution in [3.05, 3.63) is 63.1 Å². The normalized spacial score (nSPS) is 12.3. The van der Waals surface area contributed by atoms with Gasteiger partial charge in [0.2, 0.25) is 0 Å². The highest BCUT2D eigenvalue weighted by molar-refractivity contribution is 9.09. The van der Waals surface area contributed by atoms with Crippen molar-refractivity contribution in [1.82, 2.24) is 0 Å². The van der Waals surface area contributed by atoms with E-state index in [1.54, 1.807) is 18.2 Å². The van der Waals surface area contributed by atoms with Crippen molar-refractivity contribution in [2.45, 2.75) is 4.83 Å². The smallest absolute Gasteiger partial charge is 0.142 e. The van der Waals surface area contributed by atoms with Crippen LogP contribution in [-0.4, -0.2) is 7.11 Å². The number of methoxy groups -OCH3 is 1. The average Bonchev–Trinajstić information content (AvgIpc) is 2.42. The summed E-state index contributed by atoms with van der Waals surface area (Å²) in [6.07, 6.45) is 0. The highest BCUT2D eigenvalue weighted by atomic mass is 79.9. The second-order valence-corrected chi connectivity index (χ2v) is 5.77. The summed E-state index contributed by atoms with van der Waals surface area (Å²) < 4.78 is 32.4. The van der Waals surface area contributed by atoms with E-state index in [1.165, 1.54) is 7.11 Å². The molecule has 0 amide bonds. The van der Waals surface area contributed by atoms with Crippen molar-refractivity contribution < 1.29 is 13.5 Å². The minimum atomic E-state index is -0.683. The quantitative estimate of drug-likeness (QED) is 0.484. The molecule has 0 fully saturated rings. The summed E-state index contributed by atoms with van der Waals surface area (Å²) in [5.41, 5.74) is 0.729. The van der Waals surface area contributed by atoms with E-state index in [9.17, 15) is 8.78 Å². The molecule has 106 valence electrons. The summed E-state index contributed by atoms with van der Waals surface area (Å²) in [5, 5.41) is 0.132. The van der Waals surface area contributed by atoms with E-state index in [4.69, 9.17) is 27.9 Å². The summed E-state index contributed by atoms with van der Waals surface area (Å²) in [7, 11) is 1.52. The predicted molar refractivity (Wildman–Crippen MR) is 80.1 cm³/mol. The van der Waals surface area contributed by atoms with Gasteiger partial charge in [-0.1, -0.05) is 45.2 Å². The van der Waals surface area contributed by atoms with Gasteiger partial charge >= 0.3 is 0 Å². The Kier molecular flexibility index (Phi) is 4.89. The van der Waals surface area contributed by atoms with Crippen LogP contribution in [-0.2, 0) is 0 Å². The van der Waals surface area contributed by atoms with Gasteiger partial charge in [-0.2, -0.15) is 0 Å². The molecule has 0 bridgehead atoms. The lowest BCUT2D eigenvalue weighted by Gasteiger charge is -2.15. The average molecular weight is 382 g/mol. The molecule has 0 N–H and O–H groups in total. The number of halogens is 5. The van der Waals surface area contributed by atoms with E-state index >= 15 is 0 Å². The lowest BCUT2D eigenvalue weighted by molar-refractivity contribution is 0.414. The fourth-order valence-electron chi connectivity index (χ4n) is 1.74. The summed E-state index contributed by atoms with van der Waals surface area (Å²) in [4.78, 5) is -0.590. The molecule has 2 aromatic carbocycles. The van der Waals surface area contributed by atoms with Crippen molar-refractivity contribution in [1.29, 1.82) is 0 Å². The zero-order valence-electron chi connectivity index (χ0n) is 10.3. The molecule has 2 rings (SSSR count). The van der Waals surface area contributed by atoms with Crippen molar-refractivity contribution >= 4 is 39.1 Å². The SMILES string of the molecule is COc1ccc(C(Br)c2cc(F)c(Cl)cc2F)c(Cl)c1. The second-order valence-electron chi connectivity index (χ2n) is 4.04. The molecule has 1 unspecified atom stereocenters. The third kappa shape index (κ3) is 3.08. The maximum atomic E-state index is 13.9. The Morgan fingerprint density at radius 1 is 1.00 bits per heavy atom. The van der Waals surface area contributed by atoms with Crippen LogP contribution in [0.3, 0.4) is 0 Å². The van der Waals surface area contributed by atoms with Crippen molar-refractivity contribution in [3.63, 3.8) is 0 Å². The van der Waals surface area contributed by atoms with Crippen LogP contribution in [0.1, 0.15) is 16.0 Å². The second kappa shape index (κ2) is 6.29. The first-order chi connectivity index (χ1) is 9.43. The lowest BCUT2D eigenvalue weighted by atomic mass is 10.0. The Morgan fingerprint density at radius 2 is 1.70 bits per heavy atom. The van der Waals surface area contributed by atoms with E-state index in [1.807, 2.05) is 0 Å². The van der Waals surface area contributed by atoms with Crippen molar-refractivity contribution in [2.75, 3.05) is 7.11 Å². The molecule has 0 aromatic heterocycles. The minimum absolute atomic E-state index is 0.124. The van der Waals surface area contributed by atoms with Crippen LogP contribution in [0.2, 0.25) is 10.0 Å². The fourth-order valence-corrected chi connectivity index (χ4v) is 3.05. The molecular weight excluding hydrogens is 373 g/mol. The van der Waals surface area contributed by atoms with E-state index in [-0.39, 0.29) is 10.6 Å². The topological polar surface area (TPSA) is 9.23 Å². The summed E-state index contributed by atoms with van der Waals surface area (Å²) in [5.74, 6) is -0.705. The molecule has 0 aliphatic carbocycles. The summed E-state index contributed by atoms with van der Waals surface area (Å²) in [6, 6.07) is 6.98. The van der Waals surface area contributed by atoms with E-state index in [2.05, 4.69) is 15.9 Å². The Balaban J connectivity index is 2.46. The third-order valence-corrected chi connectivity index (χ3v) is 4.40. The minimum Gasteiger partial charge on any atom is -0.497 e. The number of alkyl halides is 1. The van der Waals surface area contributed by atoms with Crippen LogP contribution in [0.25, 0.3) is 0 Å².